The van der Waals surface area contributed by atoms with Crippen molar-refractivity contribution in [1.82, 2.24) is 4.98 Å². The number of aromatic nitrogens is 1. The molecule has 0 amide bonds. The third-order valence-corrected chi connectivity index (χ3v) is 2.62. The quantitative estimate of drug-likeness (QED) is 0.629. The fourth-order valence-electron chi connectivity index (χ4n) is 1.03. The topological polar surface area (TPSA) is 30.0 Å². The predicted octanol–water partition coefficient (Wildman–Crippen LogP) is 3.33. The molecule has 0 aromatic carbocycles. The molecule has 1 rings (SSSR count). The summed E-state index contributed by atoms with van der Waals surface area (Å²) >= 11 is 8.55. The van der Waals surface area contributed by atoms with Gasteiger partial charge in [0.15, 0.2) is 6.29 Å². The van der Waals surface area contributed by atoms with Crippen molar-refractivity contribution < 1.29 is 13.6 Å². The molecular formula is C8H5BrClF2NO. The molecule has 0 aliphatic carbocycles. The minimum Gasteiger partial charge on any atom is -0.296 e. The summed E-state index contributed by atoms with van der Waals surface area (Å²) in [6.45, 7) is 0. The van der Waals surface area contributed by atoms with E-state index in [-0.39, 0.29) is 17.1 Å². The highest BCUT2D eigenvalue weighted by atomic mass is 79.9. The second-order valence-electron chi connectivity index (χ2n) is 2.44. The van der Waals surface area contributed by atoms with Crippen LogP contribution in [-0.4, -0.2) is 11.3 Å². The number of aldehydes is 1. The summed E-state index contributed by atoms with van der Waals surface area (Å²) in [5.74, 6) is -0.0936. The Balaban J connectivity index is 3.43. The van der Waals surface area contributed by atoms with Crippen molar-refractivity contribution in [2.45, 2.75) is 12.3 Å². The number of alkyl halides is 3. The molecule has 0 unspecified atom stereocenters. The summed E-state index contributed by atoms with van der Waals surface area (Å²) in [4.78, 5) is 14.0. The molecule has 1 aromatic rings. The monoisotopic (exact) mass is 283 g/mol. The Kier molecular flexibility index (Phi) is 3.95. The van der Waals surface area contributed by atoms with Crippen molar-refractivity contribution >= 4 is 33.8 Å². The van der Waals surface area contributed by atoms with E-state index < -0.39 is 12.0 Å². The van der Waals surface area contributed by atoms with Crippen molar-refractivity contribution in [2.75, 3.05) is 0 Å². The molecule has 0 saturated heterocycles. The van der Waals surface area contributed by atoms with Crippen molar-refractivity contribution in [3.8, 4) is 0 Å². The van der Waals surface area contributed by atoms with Crippen LogP contribution in [0.25, 0.3) is 0 Å². The highest BCUT2D eigenvalue weighted by Gasteiger charge is 2.20. The van der Waals surface area contributed by atoms with E-state index >= 15 is 0 Å². The van der Waals surface area contributed by atoms with Gasteiger partial charge < -0.3 is 0 Å². The lowest BCUT2D eigenvalue weighted by molar-refractivity contribution is 0.110. The molecular weight excluding hydrogens is 279 g/mol. The van der Waals surface area contributed by atoms with E-state index in [1.54, 1.807) is 0 Å². The molecule has 0 aliphatic rings. The zero-order chi connectivity index (χ0) is 10.7. The van der Waals surface area contributed by atoms with Crippen LogP contribution < -0.4 is 0 Å². The molecule has 1 heterocycles. The van der Waals surface area contributed by atoms with Crippen LogP contribution in [0.5, 0.6) is 0 Å². The summed E-state index contributed by atoms with van der Waals surface area (Å²) in [7, 11) is 0. The van der Waals surface area contributed by atoms with Crippen LogP contribution in [-0.2, 0) is 5.88 Å². The Morgan fingerprint density at radius 1 is 1.64 bits per heavy atom. The summed E-state index contributed by atoms with van der Waals surface area (Å²) < 4.78 is 25.5. The van der Waals surface area contributed by atoms with Crippen molar-refractivity contribution in [3.63, 3.8) is 0 Å². The van der Waals surface area contributed by atoms with E-state index in [9.17, 15) is 13.6 Å². The molecule has 0 aliphatic heterocycles. The minimum atomic E-state index is -2.76. The highest BCUT2D eigenvalue weighted by molar-refractivity contribution is 9.10. The fraction of sp³-hybridized carbons (Fsp3) is 0.250. The van der Waals surface area contributed by atoms with Gasteiger partial charge in [-0.25, -0.2) is 8.78 Å². The zero-order valence-corrected chi connectivity index (χ0v) is 9.15. The van der Waals surface area contributed by atoms with Gasteiger partial charge in [-0.3, -0.25) is 9.78 Å². The molecule has 14 heavy (non-hydrogen) atoms. The normalized spacial score (nSPS) is 10.6. The van der Waals surface area contributed by atoms with Gasteiger partial charge in [0.05, 0.1) is 5.56 Å². The molecule has 0 saturated carbocycles. The third kappa shape index (κ3) is 2.09. The summed E-state index contributed by atoms with van der Waals surface area (Å²) in [6.07, 6.45) is -1.17. The first-order chi connectivity index (χ1) is 6.61. The van der Waals surface area contributed by atoms with Crippen LogP contribution in [0, 0.1) is 0 Å². The number of rotatable bonds is 3. The Morgan fingerprint density at radius 3 is 2.71 bits per heavy atom. The molecule has 0 N–H and O–H groups in total. The average molecular weight is 284 g/mol. The smallest absolute Gasteiger partial charge is 0.266 e. The summed E-state index contributed by atoms with van der Waals surface area (Å²) in [6, 6.07) is 0. The molecule has 0 bridgehead atoms. The molecule has 6 heteroatoms. The lowest BCUT2D eigenvalue weighted by Gasteiger charge is -2.09. The van der Waals surface area contributed by atoms with Crippen LogP contribution in [0.15, 0.2) is 10.7 Å². The zero-order valence-electron chi connectivity index (χ0n) is 6.81. The standard InChI is InChI=1S/C8H5BrClF2NO/c9-5-2-13-6(3-14)7(8(11)12)4(5)1-10/h2-3,8H,1H2. The van der Waals surface area contributed by atoms with E-state index in [2.05, 4.69) is 20.9 Å². The number of pyridine rings is 1. The van der Waals surface area contributed by atoms with Crippen molar-refractivity contribution in [3.05, 3.63) is 27.5 Å². The molecule has 0 spiro atoms. The molecule has 0 atom stereocenters. The number of hydrogen-bond acceptors (Lipinski definition) is 2. The van der Waals surface area contributed by atoms with Crippen molar-refractivity contribution in [1.29, 1.82) is 0 Å². The van der Waals surface area contributed by atoms with Gasteiger partial charge in [-0.1, -0.05) is 0 Å². The SMILES string of the molecule is O=Cc1ncc(Br)c(CCl)c1C(F)F. The van der Waals surface area contributed by atoms with Gasteiger partial charge in [0.1, 0.15) is 5.69 Å². The molecule has 0 radical (unpaired) electrons. The first kappa shape index (κ1) is 11.5. The van der Waals surface area contributed by atoms with E-state index in [0.717, 1.165) is 0 Å². The lowest BCUT2D eigenvalue weighted by Crippen LogP contribution is -2.02. The Hall–Kier alpha value is -0.550. The van der Waals surface area contributed by atoms with Crippen LogP contribution in [0.3, 0.4) is 0 Å². The van der Waals surface area contributed by atoms with Gasteiger partial charge in [-0.15, -0.1) is 11.6 Å². The largest absolute Gasteiger partial charge is 0.296 e. The van der Waals surface area contributed by atoms with Gasteiger partial charge in [-0.2, -0.15) is 0 Å². The van der Waals surface area contributed by atoms with Gasteiger partial charge in [0, 0.05) is 16.5 Å². The predicted molar refractivity (Wildman–Crippen MR) is 51.8 cm³/mol. The van der Waals surface area contributed by atoms with Crippen LogP contribution in [0.4, 0.5) is 8.78 Å². The second-order valence-corrected chi connectivity index (χ2v) is 3.56. The maximum Gasteiger partial charge on any atom is 0.266 e. The van der Waals surface area contributed by atoms with Crippen LogP contribution in [0.2, 0.25) is 0 Å². The van der Waals surface area contributed by atoms with E-state index in [0.29, 0.717) is 10.8 Å². The Labute approximate surface area is 92.4 Å². The first-order valence-corrected chi connectivity index (χ1v) is 4.91. The second kappa shape index (κ2) is 4.79. The van der Waals surface area contributed by atoms with Gasteiger partial charge >= 0.3 is 0 Å². The molecule has 1 aromatic heterocycles. The summed E-state index contributed by atoms with van der Waals surface area (Å²) in [5, 5.41) is 0. The number of hydrogen-bond donors (Lipinski definition) is 0. The first-order valence-electron chi connectivity index (χ1n) is 3.58. The van der Waals surface area contributed by atoms with Crippen molar-refractivity contribution in [2.24, 2.45) is 0 Å². The third-order valence-electron chi connectivity index (χ3n) is 1.67. The number of halogens is 4. The minimum absolute atomic E-state index is 0.0936. The number of nitrogens with zero attached hydrogens (tertiary/aromatic N) is 1. The van der Waals surface area contributed by atoms with E-state index in [1.165, 1.54) is 6.20 Å². The number of carbonyl (C=O) groups is 1. The maximum atomic E-state index is 12.6. The average Bonchev–Trinajstić information content (AvgIpc) is 2.17. The highest BCUT2D eigenvalue weighted by Crippen LogP contribution is 2.30. The fourth-order valence-corrected chi connectivity index (χ4v) is 1.94. The number of carbonyl (C=O) groups excluding carboxylic acids is 1. The Morgan fingerprint density at radius 2 is 2.29 bits per heavy atom. The lowest BCUT2D eigenvalue weighted by atomic mass is 10.1. The molecule has 0 fully saturated rings. The maximum absolute atomic E-state index is 12.6. The Bertz CT molecular complexity index is 359. The van der Waals surface area contributed by atoms with Gasteiger partial charge in [0.25, 0.3) is 6.43 Å². The molecule has 2 nitrogen and oxygen atoms in total. The van der Waals surface area contributed by atoms with Gasteiger partial charge in [-0.05, 0) is 21.5 Å². The van der Waals surface area contributed by atoms with Crippen LogP contribution >= 0.6 is 27.5 Å². The van der Waals surface area contributed by atoms with Gasteiger partial charge in [0.2, 0.25) is 0 Å². The van der Waals surface area contributed by atoms with E-state index in [1.807, 2.05) is 0 Å². The van der Waals surface area contributed by atoms with E-state index in [4.69, 9.17) is 11.6 Å². The summed E-state index contributed by atoms with van der Waals surface area (Å²) in [5.41, 5.74) is -0.456. The van der Waals surface area contributed by atoms with Crippen LogP contribution in [0.1, 0.15) is 28.0 Å². The molecule has 76 valence electrons.